The second kappa shape index (κ2) is 4.50. The Morgan fingerprint density at radius 2 is 2.37 bits per heavy atom. The summed E-state index contributed by atoms with van der Waals surface area (Å²) in [7, 11) is 0. The Balaban J connectivity index is 1.97. The summed E-state index contributed by atoms with van der Waals surface area (Å²) in [6, 6.07) is 4.03. The van der Waals surface area contributed by atoms with E-state index in [2.05, 4.69) is 4.98 Å². The zero-order chi connectivity index (χ0) is 13.4. The number of carbonyl (C=O) groups is 1. The third-order valence-corrected chi connectivity index (χ3v) is 3.30. The largest absolute Gasteiger partial charge is 0.483 e. The zero-order valence-electron chi connectivity index (χ0n) is 10.5. The molecule has 0 amide bonds. The van der Waals surface area contributed by atoms with Gasteiger partial charge < -0.3 is 9.30 Å². The highest BCUT2D eigenvalue weighted by atomic mass is 19.1. The number of carbonyl (C=O) groups excluding carboxylic acids is 1. The number of ketones is 1. The van der Waals surface area contributed by atoms with Gasteiger partial charge in [-0.25, -0.2) is 9.37 Å². The van der Waals surface area contributed by atoms with Gasteiger partial charge in [-0.15, -0.1) is 0 Å². The number of fused-ring (bicyclic) bond motifs is 1. The van der Waals surface area contributed by atoms with Crippen LogP contribution in [0.4, 0.5) is 4.39 Å². The molecule has 0 aliphatic carbocycles. The number of imidazole rings is 1. The van der Waals surface area contributed by atoms with Crippen LogP contribution in [0.15, 0.2) is 30.7 Å². The summed E-state index contributed by atoms with van der Waals surface area (Å²) in [6.45, 7) is 2.76. The number of aromatic nitrogens is 2. The van der Waals surface area contributed by atoms with Crippen molar-refractivity contribution in [3.8, 4) is 5.75 Å². The molecule has 19 heavy (non-hydrogen) atoms. The number of aryl methyl sites for hydroxylation is 1. The molecule has 2 aromatic rings. The molecule has 3 rings (SSSR count). The number of hydrogen-bond acceptors (Lipinski definition) is 3. The fraction of sp³-hybridized carbons (Fsp3) is 0.286. The number of Topliss-reactive ketones (excluding diaryl/α,β-unsaturated/α-hetero) is 1. The molecule has 0 N–H and O–H groups in total. The first-order chi connectivity index (χ1) is 9.19. The maximum absolute atomic E-state index is 13.1. The molecule has 1 aromatic carbocycles. The maximum Gasteiger partial charge on any atom is 0.170 e. The fourth-order valence-corrected chi connectivity index (χ4v) is 2.32. The first-order valence-electron chi connectivity index (χ1n) is 6.18. The van der Waals surface area contributed by atoms with Gasteiger partial charge in [0.15, 0.2) is 5.78 Å². The first kappa shape index (κ1) is 11.9. The Hall–Kier alpha value is -2.17. The van der Waals surface area contributed by atoms with Gasteiger partial charge in [-0.05, 0) is 25.1 Å². The smallest absolute Gasteiger partial charge is 0.170 e. The molecule has 1 atom stereocenters. The van der Waals surface area contributed by atoms with Gasteiger partial charge in [0.25, 0.3) is 0 Å². The molecule has 1 aromatic heterocycles. The predicted molar refractivity (Wildman–Crippen MR) is 66.6 cm³/mol. The molecule has 5 heteroatoms. The van der Waals surface area contributed by atoms with Crippen LogP contribution in [0.1, 0.15) is 35.5 Å². The van der Waals surface area contributed by atoms with E-state index in [1.807, 2.05) is 11.5 Å². The van der Waals surface area contributed by atoms with E-state index in [0.29, 0.717) is 11.3 Å². The molecule has 0 saturated heterocycles. The summed E-state index contributed by atoms with van der Waals surface area (Å²) >= 11 is 0. The Labute approximate surface area is 109 Å². The highest BCUT2D eigenvalue weighted by Gasteiger charge is 2.29. The van der Waals surface area contributed by atoms with Crippen LogP contribution in [0, 0.1) is 5.82 Å². The lowest BCUT2D eigenvalue weighted by molar-refractivity contribution is 0.0839. The average Bonchev–Trinajstić information content (AvgIpc) is 2.87. The van der Waals surface area contributed by atoms with Crippen LogP contribution in [0.2, 0.25) is 0 Å². The van der Waals surface area contributed by atoms with E-state index in [1.54, 1.807) is 12.5 Å². The van der Waals surface area contributed by atoms with Crippen molar-refractivity contribution in [2.24, 2.45) is 0 Å². The lowest BCUT2D eigenvalue weighted by atomic mass is 9.99. The van der Waals surface area contributed by atoms with Crippen LogP contribution < -0.4 is 4.74 Å². The van der Waals surface area contributed by atoms with Crippen molar-refractivity contribution in [3.05, 3.63) is 47.8 Å². The SMILES string of the molecule is CCn1cncc1C1CC(=O)c2cc(F)ccc2O1. The minimum absolute atomic E-state index is 0.102. The van der Waals surface area contributed by atoms with Gasteiger partial charge in [0.2, 0.25) is 0 Å². The lowest BCUT2D eigenvalue weighted by Crippen LogP contribution is -2.22. The number of rotatable bonds is 2. The van der Waals surface area contributed by atoms with Gasteiger partial charge >= 0.3 is 0 Å². The highest BCUT2D eigenvalue weighted by Crippen LogP contribution is 2.34. The molecule has 0 radical (unpaired) electrons. The predicted octanol–water partition coefficient (Wildman–Crippen LogP) is 2.75. The van der Waals surface area contributed by atoms with Crippen molar-refractivity contribution in [2.75, 3.05) is 0 Å². The molecular formula is C14H13FN2O2. The van der Waals surface area contributed by atoms with Gasteiger partial charge in [-0.2, -0.15) is 0 Å². The standard InChI is InChI=1S/C14H13FN2O2/c1-2-17-8-16-7-11(17)14-6-12(18)10-5-9(15)3-4-13(10)19-14/h3-5,7-8,14H,2,6H2,1H3. The molecule has 98 valence electrons. The van der Waals surface area contributed by atoms with Crippen molar-refractivity contribution in [2.45, 2.75) is 26.0 Å². The number of ether oxygens (including phenoxy) is 1. The Kier molecular flexibility index (Phi) is 2.81. The Morgan fingerprint density at radius 1 is 1.53 bits per heavy atom. The second-order valence-corrected chi connectivity index (χ2v) is 4.48. The summed E-state index contributed by atoms with van der Waals surface area (Å²) in [5.41, 5.74) is 1.18. The summed E-state index contributed by atoms with van der Waals surface area (Å²) in [6.07, 6.45) is 3.27. The quantitative estimate of drug-likeness (QED) is 0.834. The molecule has 0 fully saturated rings. The van der Waals surface area contributed by atoms with Crippen LogP contribution in [0.25, 0.3) is 0 Å². The number of hydrogen-bond donors (Lipinski definition) is 0. The van der Waals surface area contributed by atoms with Gasteiger partial charge in [0.1, 0.15) is 17.7 Å². The lowest BCUT2D eigenvalue weighted by Gasteiger charge is -2.25. The zero-order valence-corrected chi connectivity index (χ0v) is 10.5. The van der Waals surface area contributed by atoms with E-state index in [-0.39, 0.29) is 18.3 Å². The maximum atomic E-state index is 13.1. The minimum atomic E-state index is -0.423. The average molecular weight is 260 g/mol. The van der Waals surface area contributed by atoms with Crippen molar-refractivity contribution < 1.29 is 13.9 Å². The van der Waals surface area contributed by atoms with E-state index in [0.717, 1.165) is 12.2 Å². The molecule has 1 unspecified atom stereocenters. The third-order valence-electron chi connectivity index (χ3n) is 3.30. The Morgan fingerprint density at radius 3 is 3.16 bits per heavy atom. The fourth-order valence-electron chi connectivity index (χ4n) is 2.32. The summed E-state index contributed by atoms with van der Waals surface area (Å²) in [5.74, 6) is -0.0890. The van der Waals surface area contributed by atoms with Crippen molar-refractivity contribution in [1.29, 1.82) is 0 Å². The van der Waals surface area contributed by atoms with Gasteiger partial charge in [0.05, 0.1) is 30.2 Å². The number of benzene rings is 1. The van der Waals surface area contributed by atoms with Crippen molar-refractivity contribution in [1.82, 2.24) is 9.55 Å². The van der Waals surface area contributed by atoms with Gasteiger partial charge in [0, 0.05) is 6.54 Å². The molecule has 0 spiro atoms. The van der Waals surface area contributed by atoms with Crippen LogP contribution in [0.3, 0.4) is 0 Å². The molecule has 4 nitrogen and oxygen atoms in total. The number of halogens is 1. The van der Waals surface area contributed by atoms with Crippen LogP contribution in [-0.4, -0.2) is 15.3 Å². The van der Waals surface area contributed by atoms with E-state index < -0.39 is 5.82 Å². The third kappa shape index (κ3) is 2.01. The first-order valence-corrected chi connectivity index (χ1v) is 6.18. The summed E-state index contributed by atoms with van der Waals surface area (Å²) < 4.78 is 20.9. The van der Waals surface area contributed by atoms with Crippen molar-refractivity contribution >= 4 is 5.78 Å². The van der Waals surface area contributed by atoms with E-state index in [1.165, 1.54) is 18.2 Å². The summed E-state index contributed by atoms with van der Waals surface area (Å²) in [5, 5.41) is 0. The molecular weight excluding hydrogens is 247 g/mol. The van der Waals surface area contributed by atoms with Gasteiger partial charge in [-0.3, -0.25) is 4.79 Å². The topological polar surface area (TPSA) is 44.1 Å². The van der Waals surface area contributed by atoms with E-state index >= 15 is 0 Å². The Bertz CT molecular complexity index is 636. The van der Waals surface area contributed by atoms with Crippen LogP contribution >= 0.6 is 0 Å². The van der Waals surface area contributed by atoms with Crippen LogP contribution in [0.5, 0.6) is 5.75 Å². The molecule has 1 aliphatic rings. The van der Waals surface area contributed by atoms with Crippen molar-refractivity contribution in [3.63, 3.8) is 0 Å². The molecule has 0 saturated carbocycles. The minimum Gasteiger partial charge on any atom is -0.483 e. The molecule has 2 heterocycles. The molecule has 0 bridgehead atoms. The highest BCUT2D eigenvalue weighted by molar-refractivity contribution is 5.99. The van der Waals surface area contributed by atoms with Gasteiger partial charge in [-0.1, -0.05) is 0 Å². The van der Waals surface area contributed by atoms with E-state index in [9.17, 15) is 9.18 Å². The van der Waals surface area contributed by atoms with E-state index in [4.69, 9.17) is 4.74 Å². The van der Waals surface area contributed by atoms with Crippen LogP contribution in [-0.2, 0) is 6.54 Å². The number of nitrogens with zero attached hydrogens (tertiary/aromatic N) is 2. The normalized spacial score (nSPS) is 18.0. The second-order valence-electron chi connectivity index (χ2n) is 4.48. The monoisotopic (exact) mass is 260 g/mol. The summed E-state index contributed by atoms with van der Waals surface area (Å²) in [4.78, 5) is 16.1. The molecule has 1 aliphatic heterocycles.